The van der Waals surface area contributed by atoms with Crippen LogP contribution in [0.5, 0.6) is 11.5 Å². The number of amides is 1. The smallest absolute Gasteiger partial charge is 0.325 e. The summed E-state index contributed by atoms with van der Waals surface area (Å²) in [4.78, 5) is 36.3. The Kier molecular flexibility index (Phi) is 5.31. The van der Waals surface area contributed by atoms with Crippen LogP contribution in [0.2, 0.25) is 0 Å². The predicted molar refractivity (Wildman–Crippen MR) is 133 cm³/mol. The van der Waals surface area contributed by atoms with Crippen molar-refractivity contribution in [3.63, 3.8) is 0 Å². The summed E-state index contributed by atoms with van der Waals surface area (Å²) < 4.78 is 18.3. The van der Waals surface area contributed by atoms with Crippen LogP contribution in [0.4, 0.5) is 0 Å². The summed E-state index contributed by atoms with van der Waals surface area (Å²) in [5.41, 5.74) is 2.56. The number of fused-ring (bicyclic) bond motifs is 3. The fourth-order valence-corrected chi connectivity index (χ4v) is 5.67. The van der Waals surface area contributed by atoms with Gasteiger partial charge in [0.2, 0.25) is 6.79 Å². The van der Waals surface area contributed by atoms with Gasteiger partial charge >= 0.3 is 5.97 Å². The van der Waals surface area contributed by atoms with E-state index in [-0.39, 0.29) is 13.3 Å². The number of pyridine rings is 1. The summed E-state index contributed by atoms with van der Waals surface area (Å²) in [6, 6.07) is 16.8. The van der Waals surface area contributed by atoms with E-state index < -0.39 is 11.9 Å². The Balaban J connectivity index is 1.54. The maximum atomic E-state index is 13.6. The fraction of sp³-hybridized carbons (Fsp3) is 0.120. The van der Waals surface area contributed by atoms with Gasteiger partial charge in [0.15, 0.2) is 16.3 Å². The number of nitrogens with zero attached hydrogens (tertiary/aromatic N) is 3. The molecule has 0 unspecified atom stereocenters. The molecule has 8 nitrogen and oxygen atoms in total. The number of carbonyl (C=O) groups is 2. The number of hydrogen-bond acceptors (Lipinski definition) is 8. The number of esters is 1. The van der Waals surface area contributed by atoms with E-state index in [0.717, 1.165) is 9.58 Å². The van der Waals surface area contributed by atoms with Crippen molar-refractivity contribution in [1.29, 1.82) is 0 Å². The molecule has 1 aliphatic heterocycles. The zero-order valence-electron chi connectivity index (χ0n) is 18.4. The first-order valence-corrected chi connectivity index (χ1v) is 12.3. The van der Waals surface area contributed by atoms with Crippen molar-refractivity contribution in [2.45, 2.75) is 6.54 Å². The van der Waals surface area contributed by atoms with Gasteiger partial charge < -0.3 is 18.8 Å². The molecule has 0 fully saturated rings. The molecule has 174 valence electrons. The minimum absolute atomic E-state index is 0.0974. The van der Waals surface area contributed by atoms with Crippen LogP contribution in [0.1, 0.15) is 10.4 Å². The molecule has 1 aliphatic rings. The first kappa shape index (κ1) is 21.5. The molecular formula is C25H17N3O5S2. The molecule has 10 heteroatoms. The van der Waals surface area contributed by atoms with Gasteiger partial charge in [0.05, 0.1) is 39.0 Å². The molecule has 6 rings (SSSR count). The average molecular weight is 504 g/mol. The van der Waals surface area contributed by atoms with Crippen LogP contribution in [0.25, 0.3) is 31.7 Å². The van der Waals surface area contributed by atoms with Crippen molar-refractivity contribution in [3.05, 3.63) is 70.3 Å². The number of aromatic nitrogens is 2. The molecular weight excluding hydrogens is 486 g/mol. The average Bonchev–Trinajstić information content (AvgIpc) is 3.63. The molecule has 5 aromatic rings. The van der Waals surface area contributed by atoms with Gasteiger partial charge in [-0.25, -0.2) is 4.98 Å². The zero-order valence-corrected chi connectivity index (χ0v) is 20.0. The van der Waals surface area contributed by atoms with Gasteiger partial charge in [-0.3, -0.25) is 9.59 Å². The summed E-state index contributed by atoms with van der Waals surface area (Å²) in [5, 5.41) is 2.68. The van der Waals surface area contributed by atoms with Crippen molar-refractivity contribution < 1.29 is 23.8 Å². The molecule has 3 aromatic heterocycles. The number of para-hydroxylation sites is 1. The Morgan fingerprint density at radius 2 is 1.94 bits per heavy atom. The lowest BCUT2D eigenvalue weighted by Crippen LogP contribution is -2.22. The number of benzene rings is 2. The van der Waals surface area contributed by atoms with Gasteiger partial charge in [-0.1, -0.05) is 35.6 Å². The van der Waals surface area contributed by atoms with Gasteiger partial charge in [-0.2, -0.15) is 4.99 Å². The highest BCUT2D eigenvalue weighted by Gasteiger charge is 2.20. The van der Waals surface area contributed by atoms with Crippen LogP contribution >= 0.6 is 22.7 Å². The highest BCUT2D eigenvalue weighted by molar-refractivity contribution is 7.16. The Bertz CT molecular complexity index is 1690. The van der Waals surface area contributed by atoms with Crippen molar-refractivity contribution in [3.8, 4) is 22.1 Å². The summed E-state index contributed by atoms with van der Waals surface area (Å²) in [7, 11) is 1.32. The van der Waals surface area contributed by atoms with Crippen LogP contribution in [0.15, 0.2) is 65.0 Å². The lowest BCUT2D eigenvalue weighted by atomic mass is 10.1. The SMILES string of the molecule is COC(=O)Cn1c(=NC(=O)c2cc(-c3cccs3)nc3ccccc23)sc2cc3c(cc21)OCO3. The maximum absolute atomic E-state index is 13.6. The first-order chi connectivity index (χ1) is 17.1. The molecule has 0 atom stereocenters. The highest BCUT2D eigenvalue weighted by Crippen LogP contribution is 2.37. The monoisotopic (exact) mass is 503 g/mol. The minimum atomic E-state index is -0.453. The molecule has 0 radical (unpaired) electrons. The molecule has 4 heterocycles. The number of rotatable bonds is 4. The highest BCUT2D eigenvalue weighted by atomic mass is 32.1. The van der Waals surface area contributed by atoms with E-state index in [1.54, 1.807) is 28.0 Å². The molecule has 0 N–H and O–H groups in total. The molecule has 0 aliphatic carbocycles. The van der Waals surface area contributed by atoms with Gasteiger partial charge in [0, 0.05) is 17.5 Å². The topological polar surface area (TPSA) is 92.0 Å². The molecule has 2 aromatic carbocycles. The van der Waals surface area contributed by atoms with E-state index in [1.165, 1.54) is 18.4 Å². The van der Waals surface area contributed by atoms with Crippen molar-refractivity contribution in [2.24, 2.45) is 4.99 Å². The molecule has 0 saturated heterocycles. The number of hydrogen-bond donors (Lipinski definition) is 0. The Labute approximate surface area is 206 Å². The number of ether oxygens (including phenoxy) is 3. The van der Waals surface area contributed by atoms with E-state index in [9.17, 15) is 9.59 Å². The van der Waals surface area contributed by atoms with Crippen LogP contribution in [0.3, 0.4) is 0 Å². The van der Waals surface area contributed by atoms with E-state index in [4.69, 9.17) is 19.2 Å². The van der Waals surface area contributed by atoms with E-state index >= 15 is 0 Å². The summed E-state index contributed by atoms with van der Waals surface area (Å²) in [6.45, 7) is 0.0425. The Morgan fingerprint density at radius 1 is 1.11 bits per heavy atom. The van der Waals surface area contributed by atoms with E-state index in [1.807, 2.05) is 47.8 Å². The van der Waals surface area contributed by atoms with Gasteiger partial charge in [0.1, 0.15) is 6.54 Å². The zero-order chi connectivity index (χ0) is 23.9. The molecule has 1 amide bonds. The van der Waals surface area contributed by atoms with E-state index in [2.05, 4.69) is 4.99 Å². The van der Waals surface area contributed by atoms with Gasteiger partial charge in [-0.15, -0.1) is 11.3 Å². The summed E-state index contributed by atoms with van der Waals surface area (Å²) in [5.74, 6) is 0.312. The van der Waals surface area contributed by atoms with Gasteiger partial charge in [0.25, 0.3) is 5.91 Å². The van der Waals surface area contributed by atoms with Crippen LogP contribution in [0, 0.1) is 0 Å². The first-order valence-electron chi connectivity index (χ1n) is 10.6. The second kappa shape index (κ2) is 8.64. The molecule has 35 heavy (non-hydrogen) atoms. The van der Waals surface area contributed by atoms with Crippen LogP contribution in [-0.4, -0.2) is 35.3 Å². The third-order valence-corrected chi connectivity index (χ3v) is 7.54. The number of carbonyl (C=O) groups excluding carboxylic acids is 2. The third-order valence-electron chi connectivity index (χ3n) is 5.61. The van der Waals surface area contributed by atoms with Crippen LogP contribution in [-0.2, 0) is 16.1 Å². The molecule has 0 saturated carbocycles. The summed E-state index contributed by atoms with van der Waals surface area (Å²) >= 11 is 2.84. The van der Waals surface area contributed by atoms with Gasteiger partial charge in [-0.05, 0) is 23.6 Å². The second-order valence-electron chi connectivity index (χ2n) is 7.69. The molecule has 0 bridgehead atoms. The lowest BCUT2D eigenvalue weighted by molar-refractivity contribution is -0.141. The van der Waals surface area contributed by atoms with Crippen molar-refractivity contribution in [1.82, 2.24) is 9.55 Å². The normalized spacial score (nSPS) is 13.0. The number of methoxy groups -OCH3 is 1. The quantitative estimate of drug-likeness (QED) is 0.332. The van der Waals surface area contributed by atoms with Crippen molar-refractivity contribution in [2.75, 3.05) is 13.9 Å². The number of thiazole rings is 1. The Morgan fingerprint density at radius 3 is 2.74 bits per heavy atom. The third kappa shape index (κ3) is 3.86. The fourth-order valence-electron chi connectivity index (χ4n) is 3.94. The maximum Gasteiger partial charge on any atom is 0.325 e. The largest absolute Gasteiger partial charge is 0.468 e. The predicted octanol–water partition coefficient (Wildman–Crippen LogP) is 4.62. The summed E-state index contributed by atoms with van der Waals surface area (Å²) in [6.07, 6.45) is 0. The second-order valence-corrected chi connectivity index (χ2v) is 9.64. The lowest BCUT2D eigenvalue weighted by Gasteiger charge is -2.07. The standard InChI is InChI=1S/C25H17N3O5S2/c1-31-23(29)12-28-18-10-19-20(33-13-32-19)11-22(18)35-25(28)27-24(30)15-9-17(21-7-4-8-34-21)26-16-6-3-2-5-14(15)16/h2-11H,12-13H2,1H3. The van der Waals surface area contributed by atoms with Crippen molar-refractivity contribution >= 4 is 55.7 Å². The Hall–Kier alpha value is -4.02. The number of thiophene rings is 1. The minimum Gasteiger partial charge on any atom is -0.468 e. The van der Waals surface area contributed by atoms with Crippen LogP contribution < -0.4 is 14.3 Å². The molecule has 0 spiro atoms. The van der Waals surface area contributed by atoms with E-state index in [0.29, 0.717) is 44.0 Å².